The minimum Gasteiger partial charge on any atom is -0.465 e. The van der Waals surface area contributed by atoms with Crippen molar-refractivity contribution >= 4 is 5.97 Å². The van der Waals surface area contributed by atoms with Gasteiger partial charge in [0, 0.05) is 19.3 Å². The number of aromatic nitrogens is 1. The molecule has 5 nitrogen and oxygen atoms in total. The van der Waals surface area contributed by atoms with Gasteiger partial charge in [0.15, 0.2) is 0 Å². The van der Waals surface area contributed by atoms with Crippen LogP contribution in [0, 0.1) is 5.92 Å². The topological polar surface area (TPSA) is 71.5 Å². The second kappa shape index (κ2) is 7.08. The van der Waals surface area contributed by atoms with Crippen molar-refractivity contribution in [3.8, 4) is 0 Å². The Bertz CT molecular complexity index is 376. The SMILES string of the molecule is COC(=O)c1ccc(CNCC(O)C(C)C)nc1. The Balaban J connectivity index is 2.42. The van der Waals surface area contributed by atoms with Crippen LogP contribution in [0.2, 0.25) is 0 Å². The lowest BCUT2D eigenvalue weighted by atomic mass is 10.1. The molecule has 0 saturated heterocycles. The van der Waals surface area contributed by atoms with E-state index in [-0.39, 0.29) is 12.0 Å². The average molecular weight is 252 g/mol. The van der Waals surface area contributed by atoms with E-state index in [1.165, 1.54) is 13.3 Å². The third-order valence-electron chi connectivity index (χ3n) is 2.67. The minimum absolute atomic E-state index is 0.229. The Labute approximate surface area is 107 Å². The fourth-order valence-corrected chi connectivity index (χ4v) is 1.35. The highest BCUT2D eigenvalue weighted by atomic mass is 16.5. The molecule has 1 atom stereocenters. The Morgan fingerprint density at radius 3 is 2.72 bits per heavy atom. The summed E-state index contributed by atoms with van der Waals surface area (Å²) in [6, 6.07) is 3.44. The number of aliphatic hydroxyl groups is 1. The molecule has 1 rings (SSSR count). The van der Waals surface area contributed by atoms with Crippen LogP contribution in [-0.2, 0) is 11.3 Å². The number of carbonyl (C=O) groups excluding carboxylic acids is 1. The number of pyridine rings is 1. The number of nitrogens with zero attached hydrogens (tertiary/aromatic N) is 1. The highest BCUT2D eigenvalue weighted by molar-refractivity contribution is 5.88. The number of carbonyl (C=O) groups is 1. The summed E-state index contributed by atoms with van der Waals surface area (Å²) in [6.45, 7) is 5.02. The van der Waals surface area contributed by atoms with Gasteiger partial charge in [0.2, 0.25) is 0 Å². The van der Waals surface area contributed by atoms with Crippen molar-refractivity contribution < 1.29 is 14.6 Å². The van der Waals surface area contributed by atoms with E-state index >= 15 is 0 Å². The van der Waals surface area contributed by atoms with E-state index in [0.29, 0.717) is 18.7 Å². The first-order chi connectivity index (χ1) is 8.54. The van der Waals surface area contributed by atoms with Gasteiger partial charge in [-0.2, -0.15) is 0 Å². The van der Waals surface area contributed by atoms with Crippen LogP contribution >= 0.6 is 0 Å². The summed E-state index contributed by atoms with van der Waals surface area (Å²) in [6.07, 6.45) is 1.13. The van der Waals surface area contributed by atoms with Gasteiger partial charge in [-0.25, -0.2) is 4.79 Å². The Kier molecular flexibility index (Phi) is 5.74. The molecule has 0 aromatic carbocycles. The van der Waals surface area contributed by atoms with E-state index in [9.17, 15) is 9.90 Å². The predicted molar refractivity (Wildman–Crippen MR) is 68.1 cm³/mol. The number of nitrogens with one attached hydrogen (secondary N) is 1. The lowest BCUT2D eigenvalue weighted by molar-refractivity contribution is 0.0600. The molecule has 0 saturated carbocycles. The fraction of sp³-hybridized carbons (Fsp3) is 0.538. The summed E-state index contributed by atoms with van der Waals surface area (Å²) in [7, 11) is 1.34. The molecule has 0 bridgehead atoms. The third-order valence-corrected chi connectivity index (χ3v) is 2.67. The first kappa shape index (κ1) is 14.6. The molecule has 1 unspecified atom stereocenters. The van der Waals surface area contributed by atoms with Crippen molar-refractivity contribution in [2.75, 3.05) is 13.7 Å². The molecule has 1 aromatic heterocycles. The molecule has 18 heavy (non-hydrogen) atoms. The van der Waals surface area contributed by atoms with Gasteiger partial charge in [-0.1, -0.05) is 13.8 Å². The summed E-state index contributed by atoms with van der Waals surface area (Å²) in [4.78, 5) is 15.3. The molecule has 0 aliphatic carbocycles. The molecule has 1 heterocycles. The van der Waals surface area contributed by atoms with E-state index in [2.05, 4.69) is 15.0 Å². The average Bonchev–Trinajstić information content (AvgIpc) is 2.38. The number of esters is 1. The Morgan fingerprint density at radius 2 is 2.22 bits per heavy atom. The van der Waals surface area contributed by atoms with Crippen LogP contribution < -0.4 is 5.32 Å². The monoisotopic (exact) mass is 252 g/mol. The summed E-state index contributed by atoms with van der Waals surface area (Å²) in [5.41, 5.74) is 1.25. The van der Waals surface area contributed by atoms with Crippen LogP contribution in [0.3, 0.4) is 0 Å². The quantitative estimate of drug-likeness (QED) is 0.738. The number of hydrogen-bond acceptors (Lipinski definition) is 5. The van der Waals surface area contributed by atoms with Crippen LogP contribution in [-0.4, -0.2) is 35.8 Å². The maximum absolute atomic E-state index is 11.2. The van der Waals surface area contributed by atoms with Crippen molar-refractivity contribution in [2.24, 2.45) is 5.92 Å². The summed E-state index contributed by atoms with van der Waals surface area (Å²) >= 11 is 0. The predicted octanol–water partition coefficient (Wildman–Crippen LogP) is 0.975. The zero-order chi connectivity index (χ0) is 13.5. The molecule has 0 amide bonds. The number of hydrogen-bond donors (Lipinski definition) is 2. The standard InChI is InChI=1S/C13H20N2O3/c1-9(2)12(16)8-14-7-11-5-4-10(6-15-11)13(17)18-3/h4-6,9,12,14,16H,7-8H2,1-3H3. The molecule has 1 aromatic rings. The van der Waals surface area contributed by atoms with Crippen molar-refractivity contribution in [2.45, 2.75) is 26.5 Å². The van der Waals surface area contributed by atoms with Crippen LogP contribution in [0.15, 0.2) is 18.3 Å². The Hall–Kier alpha value is -1.46. The van der Waals surface area contributed by atoms with Gasteiger partial charge in [-0.3, -0.25) is 4.98 Å². The molecule has 0 aliphatic rings. The zero-order valence-electron chi connectivity index (χ0n) is 11.0. The molecular formula is C13H20N2O3. The van der Waals surface area contributed by atoms with Gasteiger partial charge < -0.3 is 15.2 Å². The van der Waals surface area contributed by atoms with E-state index in [4.69, 9.17) is 0 Å². The zero-order valence-corrected chi connectivity index (χ0v) is 11.0. The molecule has 5 heteroatoms. The first-order valence-corrected chi connectivity index (χ1v) is 5.96. The van der Waals surface area contributed by atoms with Crippen LogP contribution in [0.25, 0.3) is 0 Å². The van der Waals surface area contributed by atoms with E-state index in [1.807, 2.05) is 13.8 Å². The maximum Gasteiger partial charge on any atom is 0.339 e. The summed E-state index contributed by atoms with van der Waals surface area (Å²) in [5.74, 6) is -0.163. The van der Waals surface area contributed by atoms with Crippen LogP contribution in [0.4, 0.5) is 0 Å². The van der Waals surface area contributed by atoms with Gasteiger partial charge in [0.05, 0.1) is 24.5 Å². The molecule has 0 fully saturated rings. The number of aliphatic hydroxyl groups excluding tert-OH is 1. The van der Waals surface area contributed by atoms with Gasteiger partial charge in [0.1, 0.15) is 0 Å². The highest BCUT2D eigenvalue weighted by Crippen LogP contribution is 2.03. The Morgan fingerprint density at radius 1 is 1.50 bits per heavy atom. The molecule has 0 aliphatic heterocycles. The normalized spacial score (nSPS) is 12.5. The van der Waals surface area contributed by atoms with E-state index in [0.717, 1.165) is 5.69 Å². The molecule has 2 N–H and O–H groups in total. The number of rotatable bonds is 6. The first-order valence-electron chi connectivity index (χ1n) is 5.96. The lowest BCUT2D eigenvalue weighted by Crippen LogP contribution is -2.30. The van der Waals surface area contributed by atoms with Crippen molar-refractivity contribution in [3.63, 3.8) is 0 Å². The number of methoxy groups -OCH3 is 1. The fourth-order valence-electron chi connectivity index (χ4n) is 1.35. The van der Waals surface area contributed by atoms with Gasteiger partial charge in [-0.15, -0.1) is 0 Å². The second-order valence-electron chi connectivity index (χ2n) is 4.47. The van der Waals surface area contributed by atoms with Crippen LogP contribution in [0.5, 0.6) is 0 Å². The van der Waals surface area contributed by atoms with E-state index < -0.39 is 5.97 Å². The van der Waals surface area contributed by atoms with E-state index in [1.54, 1.807) is 12.1 Å². The molecule has 0 radical (unpaired) electrons. The summed E-state index contributed by atoms with van der Waals surface area (Å²) in [5, 5.41) is 12.7. The minimum atomic E-state index is -0.391. The summed E-state index contributed by atoms with van der Waals surface area (Å²) < 4.78 is 4.59. The van der Waals surface area contributed by atoms with Crippen molar-refractivity contribution in [3.05, 3.63) is 29.6 Å². The molecular weight excluding hydrogens is 232 g/mol. The molecule has 100 valence electrons. The lowest BCUT2D eigenvalue weighted by Gasteiger charge is -2.14. The van der Waals surface area contributed by atoms with Crippen molar-refractivity contribution in [1.82, 2.24) is 10.3 Å². The highest BCUT2D eigenvalue weighted by Gasteiger charge is 2.09. The molecule has 0 spiro atoms. The van der Waals surface area contributed by atoms with Crippen molar-refractivity contribution in [1.29, 1.82) is 0 Å². The number of ether oxygens (including phenoxy) is 1. The van der Waals surface area contributed by atoms with Gasteiger partial charge in [0.25, 0.3) is 0 Å². The second-order valence-corrected chi connectivity index (χ2v) is 4.47. The third kappa shape index (κ3) is 4.43. The largest absolute Gasteiger partial charge is 0.465 e. The maximum atomic E-state index is 11.2. The van der Waals surface area contributed by atoms with Gasteiger partial charge in [-0.05, 0) is 18.1 Å². The smallest absolute Gasteiger partial charge is 0.339 e. The van der Waals surface area contributed by atoms with Gasteiger partial charge >= 0.3 is 5.97 Å². The van der Waals surface area contributed by atoms with Crippen LogP contribution in [0.1, 0.15) is 29.9 Å².